The number of hydrogen-bond donors (Lipinski definition) is 0. The minimum atomic E-state index is -5.60. The van der Waals surface area contributed by atoms with E-state index in [1.54, 1.807) is 0 Å². The minimum Gasteiger partial charge on any atom is -0.381 e. The van der Waals surface area contributed by atoms with E-state index in [-0.39, 0.29) is 11.8 Å². The van der Waals surface area contributed by atoms with Crippen LogP contribution in [0.4, 0.5) is 13.2 Å². The summed E-state index contributed by atoms with van der Waals surface area (Å²) in [6, 6.07) is 0. The molecule has 0 bridgehead atoms. The fourth-order valence-corrected chi connectivity index (χ4v) is 1.91. The van der Waals surface area contributed by atoms with Crippen molar-refractivity contribution in [1.82, 2.24) is 0 Å². The second-order valence-electron chi connectivity index (χ2n) is 4.25. The van der Waals surface area contributed by atoms with E-state index in [0.717, 1.165) is 0 Å². The highest BCUT2D eigenvalue weighted by atomic mass is 32.2. The minimum absolute atomic E-state index is 0.0283. The largest absolute Gasteiger partial charge is 0.534 e. The van der Waals surface area contributed by atoms with E-state index in [9.17, 15) is 21.6 Å². The Kier molecular flexibility index (Phi) is 3.95. The summed E-state index contributed by atoms with van der Waals surface area (Å²) in [6.07, 6.45) is 7.83. The molecule has 7 heteroatoms. The molecule has 0 aromatic carbocycles. The smallest absolute Gasteiger partial charge is 0.381 e. The molecule has 1 aliphatic carbocycles. The Morgan fingerprint density at radius 3 is 2.28 bits per heavy atom. The number of halogens is 3. The Balaban J connectivity index is 2.54. The van der Waals surface area contributed by atoms with Crippen molar-refractivity contribution in [2.45, 2.75) is 25.3 Å². The Morgan fingerprint density at radius 2 is 1.83 bits per heavy atom. The maximum absolute atomic E-state index is 12.0. The van der Waals surface area contributed by atoms with Gasteiger partial charge in [-0.15, -0.1) is 0 Å². The first kappa shape index (κ1) is 14.8. The molecular formula is C11H13F3O3S. The first-order chi connectivity index (χ1) is 8.06. The van der Waals surface area contributed by atoms with E-state index < -0.39 is 21.4 Å². The fourth-order valence-electron chi connectivity index (χ4n) is 1.43. The van der Waals surface area contributed by atoms with Crippen molar-refractivity contribution in [3.63, 3.8) is 0 Å². The van der Waals surface area contributed by atoms with Crippen molar-refractivity contribution in [2.75, 3.05) is 0 Å². The Bertz CT molecular complexity index is 474. The molecule has 0 unspecified atom stereocenters. The zero-order chi connectivity index (χ0) is 14.0. The number of rotatable bonds is 5. The Morgan fingerprint density at radius 1 is 1.33 bits per heavy atom. The van der Waals surface area contributed by atoms with Crippen LogP contribution in [-0.4, -0.2) is 13.9 Å². The topological polar surface area (TPSA) is 43.4 Å². The third-order valence-electron chi connectivity index (χ3n) is 2.52. The van der Waals surface area contributed by atoms with Gasteiger partial charge in [0.1, 0.15) is 5.76 Å². The molecule has 0 spiro atoms. The molecule has 1 rings (SSSR count). The maximum Gasteiger partial charge on any atom is 0.534 e. The lowest BCUT2D eigenvalue weighted by Crippen LogP contribution is -2.25. The van der Waals surface area contributed by atoms with Crippen LogP contribution < -0.4 is 0 Å². The summed E-state index contributed by atoms with van der Waals surface area (Å²) in [6.45, 7) is 5.07. The normalized spacial score (nSPS) is 18.0. The molecule has 0 N–H and O–H groups in total. The highest BCUT2D eigenvalue weighted by molar-refractivity contribution is 7.87. The van der Waals surface area contributed by atoms with Crippen molar-refractivity contribution < 1.29 is 25.8 Å². The van der Waals surface area contributed by atoms with Crippen LogP contribution in [-0.2, 0) is 14.3 Å². The molecule has 0 radical (unpaired) electrons. The summed E-state index contributed by atoms with van der Waals surface area (Å²) in [4.78, 5) is 0. The molecule has 1 aliphatic rings. The predicted molar refractivity (Wildman–Crippen MR) is 60.8 cm³/mol. The monoisotopic (exact) mass is 282 g/mol. The zero-order valence-electron chi connectivity index (χ0n) is 9.70. The standard InChI is InChI=1S/C11H13F3O3S/c1-9(17-18(15,16)11(12,13)14)5-8-10(2)6-3-4-7-10/h3-4,6-7H,1,5,8H2,2H3. The van der Waals surface area contributed by atoms with Gasteiger partial charge in [0, 0.05) is 11.8 Å². The molecule has 0 saturated carbocycles. The van der Waals surface area contributed by atoms with Crippen LogP contribution in [0, 0.1) is 5.41 Å². The fraction of sp³-hybridized carbons (Fsp3) is 0.455. The van der Waals surface area contributed by atoms with Crippen LogP contribution in [0.5, 0.6) is 0 Å². The van der Waals surface area contributed by atoms with Gasteiger partial charge in [0.05, 0.1) is 0 Å². The highest BCUT2D eigenvalue weighted by Crippen LogP contribution is 2.33. The van der Waals surface area contributed by atoms with Gasteiger partial charge in [0.2, 0.25) is 0 Å². The van der Waals surface area contributed by atoms with Gasteiger partial charge in [0.25, 0.3) is 0 Å². The molecular weight excluding hydrogens is 269 g/mol. The molecule has 0 atom stereocenters. The summed E-state index contributed by atoms with van der Waals surface area (Å²) in [5, 5.41) is 0. The summed E-state index contributed by atoms with van der Waals surface area (Å²) in [5.41, 5.74) is -5.72. The number of hydrogen-bond acceptors (Lipinski definition) is 3. The quantitative estimate of drug-likeness (QED) is 0.441. The third kappa shape index (κ3) is 3.63. The first-order valence-electron chi connectivity index (χ1n) is 5.11. The van der Waals surface area contributed by atoms with Crippen LogP contribution in [0.25, 0.3) is 0 Å². The summed E-state index contributed by atoms with van der Waals surface area (Å²) in [5.74, 6) is -0.415. The zero-order valence-corrected chi connectivity index (χ0v) is 10.5. The van der Waals surface area contributed by atoms with E-state index in [0.29, 0.717) is 6.42 Å². The van der Waals surface area contributed by atoms with E-state index in [4.69, 9.17) is 0 Å². The summed E-state index contributed by atoms with van der Waals surface area (Å²) < 4.78 is 61.4. The highest BCUT2D eigenvalue weighted by Gasteiger charge is 2.48. The van der Waals surface area contributed by atoms with Gasteiger partial charge >= 0.3 is 15.6 Å². The van der Waals surface area contributed by atoms with Gasteiger partial charge in [-0.25, -0.2) is 0 Å². The average molecular weight is 282 g/mol. The summed E-state index contributed by atoms with van der Waals surface area (Å²) in [7, 11) is -5.60. The van der Waals surface area contributed by atoms with Crippen molar-refractivity contribution in [2.24, 2.45) is 5.41 Å². The Labute approximate surface area is 104 Å². The van der Waals surface area contributed by atoms with E-state index in [1.807, 2.05) is 31.2 Å². The van der Waals surface area contributed by atoms with Gasteiger partial charge in [-0.1, -0.05) is 37.8 Å². The van der Waals surface area contributed by atoms with Crippen LogP contribution in [0.3, 0.4) is 0 Å². The molecule has 0 heterocycles. The van der Waals surface area contributed by atoms with Crippen molar-refractivity contribution in [3.8, 4) is 0 Å². The molecule has 18 heavy (non-hydrogen) atoms. The molecule has 0 aromatic rings. The van der Waals surface area contributed by atoms with Crippen molar-refractivity contribution in [1.29, 1.82) is 0 Å². The first-order valence-corrected chi connectivity index (χ1v) is 6.52. The lowest BCUT2D eigenvalue weighted by molar-refractivity contribution is -0.0523. The SMILES string of the molecule is C=C(CCC1(C)C=CC=C1)OS(=O)(=O)C(F)(F)F. The van der Waals surface area contributed by atoms with Gasteiger partial charge in [-0.05, 0) is 6.42 Å². The van der Waals surface area contributed by atoms with E-state index in [2.05, 4.69) is 10.8 Å². The lowest BCUT2D eigenvalue weighted by Gasteiger charge is -2.19. The molecule has 3 nitrogen and oxygen atoms in total. The van der Waals surface area contributed by atoms with Gasteiger partial charge < -0.3 is 4.18 Å². The number of allylic oxidation sites excluding steroid dienone is 5. The van der Waals surface area contributed by atoms with Gasteiger partial charge in [0.15, 0.2) is 0 Å². The molecule has 0 aromatic heterocycles. The van der Waals surface area contributed by atoms with Crippen LogP contribution in [0.2, 0.25) is 0 Å². The lowest BCUT2D eigenvalue weighted by atomic mass is 9.87. The molecule has 0 fully saturated rings. The average Bonchev–Trinajstić information content (AvgIpc) is 2.61. The van der Waals surface area contributed by atoms with Gasteiger partial charge in [-0.3, -0.25) is 0 Å². The van der Waals surface area contributed by atoms with Crippen LogP contribution in [0.1, 0.15) is 19.8 Å². The van der Waals surface area contributed by atoms with Crippen LogP contribution >= 0.6 is 0 Å². The maximum atomic E-state index is 12.0. The second-order valence-corrected chi connectivity index (χ2v) is 5.78. The van der Waals surface area contributed by atoms with Crippen LogP contribution in [0.15, 0.2) is 36.6 Å². The van der Waals surface area contributed by atoms with Crippen molar-refractivity contribution >= 4 is 10.1 Å². The van der Waals surface area contributed by atoms with E-state index >= 15 is 0 Å². The molecule has 0 saturated heterocycles. The van der Waals surface area contributed by atoms with Gasteiger partial charge in [-0.2, -0.15) is 21.6 Å². The third-order valence-corrected chi connectivity index (χ3v) is 3.54. The van der Waals surface area contributed by atoms with Crippen molar-refractivity contribution in [3.05, 3.63) is 36.6 Å². The molecule has 0 aliphatic heterocycles. The van der Waals surface area contributed by atoms with E-state index in [1.165, 1.54) is 0 Å². The molecule has 0 amide bonds. The second kappa shape index (κ2) is 4.79. The number of alkyl halides is 3. The molecule has 102 valence electrons. The summed E-state index contributed by atoms with van der Waals surface area (Å²) >= 11 is 0. The predicted octanol–water partition coefficient (Wildman–Crippen LogP) is 3.28. The Hall–Kier alpha value is -1.24.